The largest absolute Gasteiger partial charge is 0.478 e. The number of carbonyl (C=O) groups excluding carboxylic acids is 2. The molecule has 0 bridgehead atoms. The molecule has 0 rings (SSSR count). The second-order valence-corrected chi connectivity index (χ2v) is 6.13. The van der Waals surface area contributed by atoms with Crippen LogP contribution in [0.4, 0.5) is 0 Å². The Morgan fingerprint density at radius 1 is 0.885 bits per heavy atom. The summed E-state index contributed by atoms with van der Waals surface area (Å²) in [5.74, 6) is -1.12. The number of hydrogen-bond acceptors (Lipinski definition) is 5. The van der Waals surface area contributed by atoms with Crippen LogP contribution in [0.25, 0.3) is 0 Å². The SMILES string of the molecule is C=C(C)C(=O)O.C=C(C)C(=O)OCC(C)C.C=C(C)C(=O)OCCCC. The Morgan fingerprint density at radius 3 is 1.54 bits per heavy atom. The molecular formula is C20H34O6. The maximum Gasteiger partial charge on any atom is 0.333 e. The predicted molar refractivity (Wildman–Crippen MR) is 104 cm³/mol. The zero-order valence-electron chi connectivity index (χ0n) is 17.0. The van der Waals surface area contributed by atoms with Crippen LogP contribution in [0.3, 0.4) is 0 Å². The Kier molecular flexibility index (Phi) is 19.1. The number of carbonyl (C=O) groups is 3. The Labute approximate surface area is 157 Å². The second kappa shape index (κ2) is 17.5. The first-order chi connectivity index (χ1) is 11.9. The molecule has 0 aromatic rings. The number of hydrogen-bond donors (Lipinski definition) is 1. The van der Waals surface area contributed by atoms with Gasteiger partial charge in [-0.25, -0.2) is 14.4 Å². The van der Waals surface area contributed by atoms with E-state index in [-0.39, 0.29) is 17.5 Å². The van der Waals surface area contributed by atoms with E-state index >= 15 is 0 Å². The number of aliphatic carboxylic acids is 1. The van der Waals surface area contributed by atoms with E-state index in [9.17, 15) is 14.4 Å². The van der Waals surface area contributed by atoms with Crippen molar-refractivity contribution in [2.45, 2.75) is 54.4 Å². The molecule has 0 radical (unpaired) electrons. The Hall–Kier alpha value is -2.37. The number of esters is 2. The summed E-state index contributed by atoms with van der Waals surface area (Å²) >= 11 is 0. The number of carboxylic acids is 1. The van der Waals surface area contributed by atoms with Gasteiger partial charge in [-0.1, -0.05) is 46.9 Å². The van der Waals surface area contributed by atoms with Gasteiger partial charge < -0.3 is 14.6 Å². The average Bonchev–Trinajstić information content (AvgIpc) is 2.53. The summed E-state index contributed by atoms with van der Waals surface area (Å²) in [4.78, 5) is 31.0. The molecule has 0 aromatic heterocycles. The number of carboxylic acid groups (broad SMARTS) is 1. The standard InChI is InChI=1S/2C8H14O2.C4H6O2/c1-6(2)5-10-8(9)7(3)4;1-4-5-6-10-8(9)7(2)3;1-3(2)4(5)6/h6H,3,5H2,1-2,4H3;2,4-6H2,1,3H3;1H2,2H3,(H,5,6). The molecule has 0 aliphatic carbocycles. The van der Waals surface area contributed by atoms with Gasteiger partial charge in [-0.2, -0.15) is 0 Å². The van der Waals surface area contributed by atoms with Gasteiger partial charge in [0.25, 0.3) is 0 Å². The summed E-state index contributed by atoms with van der Waals surface area (Å²) in [6, 6.07) is 0. The van der Waals surface area contributed by atoms with Crippen LogP contribution >= 0.6 is 0 Å². The van der Waals surface area contributed by atoms with Crippen molar-refractivity contribution in [2.24, 2.45) is 5.92 Å². The van der Waals surface area contributed by atoms with Crippen molar-refractivity contribution in [3.63, 3.8) is 0 Å². The topological polar surface area (TPSA) is 89.9 Å². The van der Waals surface area contributed by atoms with Gasteiger partial charge in [0.05, 0.1) is 13.2 Å². The predicted octanol–water partition coefficient (Wildman–Crippen LogP) is 4.31. The van der Waals surface area contributed by atoms with Crippen LogP contribution in [-0.4, -0.2) is 36.2 Å². The molecule has 0 unspecified atom stereocenters. The third kappa shape index (κ3) is 23.9. The quantitative estimate of drug-likeness (QED) is 0.389. The molecule has 6 nitrogen and oxygen atoms in total. The first-order valence-corrected chi connectivity index (χ1v) is 8.40. The van der Waals surface area contributed by atoms with Crippen molar-refractivity contribution < 1.29 is 29.0 Å². The lowest BCUT2D eigenvalue weighted by Crippen LogP contribution is -2.09. The van der Waals surface area contributed by atoms with Crippen LogP contribution < -0.4 is 0 Å². The number of unbranched alkanes of at least 4 members (excludes halogenated alkanes) is 1. The highest BCUT2D eigenvalue weighted by molar-refractivity contribution is 5.87. The van der Waals surface area contributed by atoms with E-state index in [2.05, 4.69) is 26.7 Å². The molecule has 150 valence electrons. The van der Waals surface area contributed by atoms with Crippen LogP contribution in [0.15, 0.2) is 36.5 Å². The molecule has 0 amide bonds. The van der Waals surface area contributed by atoms with Gasteiger partial charge in [0.1, 0.15) is 0 Å². The summed E-state index contributed by atoms with van der Waals surface area (Å²) in [7, 11) is 0. The minimum absolute atomic E-state index is 0.176. The summed E-state index contributed by atoms with van der Waals surface area (Å²) in [6.45, 7) is 21.8. The van der Waals surface area contributed by atoms with Crippen molar-refractivity contribution >= 4 is 17.9 Å². The molecular weight excluding hydrogens is 336 g/mol. The van der Waals surface area contributed by atoms with E-state index in [0.29, 0.717) is 30.3 Å². The van der Waals surface area contributed by atoms with Crippen LogP contribution in [0.5, 0.6) is 0 Å². The van der Waals surface area contributed by atoms with Crippen molar-refractivity contribution in [3.05, 3.63) is 36.5 Å². The van der Waals surface area contributed by atoms with Crippen LogP contribution in [0, 0.1) is 5.92 Å². The van der Waals surface area contributed by atoms with Crippen LogP contribution in [-0.2, 0) is 23.9 Å². The van der Waals surface area contributed by atoms with Crippen molar-refractivity contribution in [3.8, 4) is 0 Å². The van der Waals surface area contributed by atoms with Gasteiger partial charge in [0.15, 0.2) is 0 Å². The maximum absolute atomic E-state index is 10.7. The summed E-state index contributed by atoms with van der Waals surface area (Å²) in [6.07, 6.45) is 1.97. The van der Waals surface area contributed by atoms with Crippen molar-refractivity contribution in [1.82, 2.24) is 0 Å². The minimum atomic E-state index is -0.935. The highest BCUT2D eigenvalue weighted by atomic mass is 16.5. The molecule has 0 saturated carbocycles. The molecule has 0 aliphatic heterocycles. The number of ether oxygens (including phenoxy) is 2. The summed E-state index contributed by atoms with van der Waals surface area (Å²) < 4.78 is 9.63. The van der Waals surface area contributed by atoms with Gasteiger partial charge in [0, 0.05) is 16.7 Å². The monoisotopic (exact) mass is 370 g/mol. The minimum Gasteiger partial charge on any atom is -0.478 e. The molecule has 0 aliphatic rings. The Morgan fingerprint density at radius 2 is 1.27 bits per heavy atom. The third-order valence-corrected chi connectivity index (χ3v) is 2.34. The van der Waals surface area contributed by atoms with Crippen LogP contribution in [0.1, 0.15) is 54.4 Å². The zero-order valence-corrected chi connectivity index (χ0v) is 17.0. The molecule has 0 atom stereocenters. The lowest BCUT2D eigenvalue weighted by atomic mass is 10.2. The first kappa shape index (κ1) is 28.4. The van der Waals surface area contributed by atoms with E-state index in [0.717, 1.165) is 12.8 Å². The fourth-order valence-electron chi connectivity index (χ4n) is 0.798. The molecule has 0 aromatic carbocycles. The van der Waals surface area contributed by atoms with E-state index in [1.54, 1.807) is 13.8 Å². The van der Waals surface area contributed by atoms with Gasteiger partial charge in [0.2, 0.25) is 0 Å². The highest BCUT2D eigenvalue weighted by Gasteiger charge is 2.03. The molecule has 0 fully saturated rings. The summed E-state index contributed by atoms with van der Waals surface area (Å²) in [5, 5.41) is 7.89. The highest BCUT2D eigenvalue weighted by Crippen LogP contribution is 1.97. The normalized spacial score (nSPS) is 8.88. The molecule has 6 heteroatoms. The fourth-order valence-corrected chi connectivity index (χ4v) is 0.798. The van der Waals surface area contributed by atoms with E-state index in [4.69, 9.17) is 14.6 Å². The van der Waals surface area contributed by atoms with Gasteiger partial charge >= 0.3 is 17.9 Å². The van der Waals surface area contributed by atoms with E-state index in [1.165, 1.54) is 6.92 Å². The molecule has 0 saturated heterocycles. The fraction of sp³-hybridized carbons (Fsp3) is 0.550. The summed E-state index contributed by atoms with van der Waals surface area (Å²) in [5.41, 5.74) is 1.10. The van der Waals surface area contributed by atoms with Gasteiger partial charge in [-0.3, -0.25) is 0 Å². The average molecular weight is 370 g/mol. The third-order valence-electron chi connectivity index (χ3n) is 2.34. The van der Waals surface area contributed by atoms with Gasteiger partial charge in [-0.15, -0.1) is 0 Å². The van der Waals surface area contributed by atoms with Crippen molar-refractivity contribution in [2.75, 3.05) is 13.2 Å². The van der Waals surface area contributed by atoms with Gasteiger partial charge in [-0.05, 0) is 33.1 Å². The smallest absolute Gasteiger partial charge is 0.333 e. The van der Waals surface area contributed by atoms with Crippen molar-refractivity contribution in [1.29, 1.82) is 0 Å². The second-order valence-electron chi connectivity index (χ2n) is 6.13. The molecule has 26 heavy (non-hydrogen) atoms. The number of rotatable bonds is 8. The first-order valence-electron chi connectivity index (χ1n) is 8.40. The Balaban J connectivity index is -0.000000316. The van der Waals surface area contributed by atoms with E-state index in [1.807, 2.05) is 13.8 Å². The molecule has 0 spiro atoms. The lowest BCUT2D eigenvalue weighted by Gasteiger charge is -2.05. The van der Waals surface area contributed by atoms with E-state index < -0.39 is 5.97 Å². The zero-order chi connectivity index (χ0) is 21.3. The molecule has 0 heterocycles. The maximum atomic E-state index is 10.7. The van der Waals surface area contributed by atoms with Crippen LogP contribution in [0.2, 0.25) is 0 Å². The molecule has 1 N–H and O–H groups in total. The Bertz CT molecular complexity index is 477. The lowest BCUT2D eigenvalue weighted by molar-refractivity contribution is -0.140.